The predicted octanol–water partition coefficient (Wildman–Crippen LogP) is 18.0. The SMILES string of the molecule is O=C(Nc1ccc(N2CCC(O)CC2)nc1)c1n[nH]c2ccc(-c3cncc(CN4CCC(O)CC4)c3)cc12.O=C(Nc1ccc(N2CCCCC2)nc1)c1n[nH]c2ccc(-c3cccnc3)cc12.O=C(Nc1ccc(N2CCCCC2)nc1)c1n[nH]c2ccc(-c3cncc(CN4CCC(F)(F)C4)c3)cc12.O=C(Nc1ccc(N2CCCCC2)nc1)c1n[nH]c2ccc(-c3cncc(CN4CCC(F)(F)CC4)c3)cc12. The summed E-state index contributed by atoms with van der Waals surface area (Å²) < 4.78 is 54.2. The Kier molecular flexibility index (Phi) is 30.1. The molecule has 0 atom stereocenters. The Bertz CT molecular complexity index is 7210. The van der Waals surface area contributed by atoms with E-state index < -0.39 is 11.8 Å². The number of likely N-dealkylation sites (tertiary alicyclic amines) is 3. The Morgan fingerprint density at radius 2 is 0.610 bits per heavy atom. The third kappa shape index (κ3) is 24.3. The van der Waals surface area contributed by atoms with Crippen LogP contribution in [0.3, 0.4) is 0 Å². The maximum atomic E-state index is 13.6. The average Bonchev–Trinajstić information content (AvgIpc) is 1.65. The summed E-state index contributed by atoms with van der Waals surface area (Å²) >= 11 is 0. The number of amides is 4. The van der Waals surface area contributed by atoms with Gasteiger partial charge in [-0.15, -0.1) is 0 Å². The van der Waals surface area contributed by atoms with Gasteiger partial charge in [-0.25, -0.2) is 37.5 Å². The van der Waals surface area contributed by atoms with E-state index in [1.54, 1.807) is 66.9 Å². The van der Waals surface area contributed by atoms with Crippen molar-refractivity contribution in [3.8, 4) is 44.5 Å². The number of halogens is 4. The molecule has 4 amide bonds. The van der Waals surface area contributed by atoms with Crippen LogP contribution >= 0.6 is 0 Å². The van der Waals surface area contributed by atoms with Gasteiger partial charge in [-0.3, -0.25) is 74.2 Å². The van der Waals surface area contributed by atoms with Gasteiger partial charge in [-0.05, 0) is 244 Å². The summed E-state index contributed by atoms with van der Waals surface area (Å²) in [5, 5.41) is 62.9. The monoisotopic (exact) mass is 1970 g/mol. The molecule has 0 spiro atoms. The van der Waals surface area contributed by atoms with E-state index >= 15 is 0 Å². The fraction of sp³-hybridized carbons (Fsp3) is 0.339. The first-order chi connectivity index (χ1) is 71.2. The van der Waals surface area contributed by atoms with Crippen molar-refractivity contribution < 1.29 is 47.0 Å². The molecule has 7 saturated heterocycles. The summed E-state index contributed by atoms with van der Waals surface area (Å²) in [6, 6.07) is 48.4. The van der Waals surface area contributed by atoms with Gasteiger partial charge in [0.05, 0.1) is 88.4 Å². The van der Waals surface area contributed by atoms with Gasteiger partial charge in [0.25, 0.3) is 35.5 Å². The van der Waals surface area contributed by atoms with Crippen LogP contribution < -0.4 is 40.9 Å². The molecule has 16 aromatic rings. The van der Waals surface area contributed by atoms with E-state index in [-0.39, 0.29) is 67.3 Å². The maximum Gasteiger partial charge on any atom is 0.276 e. The summed E-state index contributed by atoms with van der Waals surface area (Å²) in [7, 11) is 0. The lowest BCUT2D eigenvalue weighted by molar-refractivity contribution is -0.0566. The zero-order chi connectivity index (χ0) is 100. The molecule has 750 valence electrons. The standard InChI is InChI=1S/C29H31F2N7O.C29H33N7O3.C28H29F2N7O.C23H22N6O/c30-29(31)8-12-37(13-9-29)19-20-14-22(17-32-16-20)21-4-6-25-24(15-21)27(36-35-25)28(39)34-23-5-7-26(33-18-23)38-10-2-1-3-11-38;37-23-5-9-35(10-6-23)18-19-13-21(16-30-15-19)20-1-3-26-25(14-20)28(34-33-26)29(39)32-22-2-4-27(31-17-22)36-11-7-24(38)8-12-36;29-28(30)8-11-36(18-28)17-19-12-21(15-31-14-19)20-4-6-24-23(13-20)26(35-34-24)27(38)33-22-5-7-25(32-16-22)37-9-2-1-3-10-37;30-23(26-18-7-9-21(25-15-18)29-11-2-1-3-12-29)22-19-13-16(6-8-20(19)27-28-22)17-5-4-10-24-14-17/h4-7,14-18H,1-3,8-13,19H2,(H,34,39)(H,35,36);1-4,13-17,23-24,37-38H,5-12,18H2,(H,32,39)(H,33,34);4-7,12-16H,1-3,8-11,17-18H2,(H,33,38)(H,34,35);4-10,13-15H,1-3,11-12H2,(H,26,30)(H,27,28). The number of piperidine rings is 6. The number of carbonyl (C=O) groups is 4. The first kappa shape index (κ1) is 98.0. The van der Waals surface area contributed by atoms with Gasteiger partial charge in [-0.2, -0.15) is 20.4 Å². The highest BCUT2D eigenvalue weighted by molar-refractivity contribution is 6.15. The van der Waals surface area contributed by atoms with E-state index in [1.165, 1.54) is 57.8 Å². The maximum absolute atomic E-state index is 13.6. The second-order valence-electron chi connectivity index (χ2n) is 38.6. The Balaban J connectivity index is 0.000000119. The van der Waals surface area contributed by atoms with Crippen molar-refractivity contribution in [1.82, 2.24) is 95.4 Å². The molecule has 0 aliphatic carbocycles. The molecule has 0 radical (unpaired) electrons. The Hall–Kier alpha value is -15.4. The fourth-order valence-corrected chi connectivity index (χ4v) is 19.8. The van der Waals surface area contributed by atoms with Crippen LogP contribution in [0.25, 0.3) is 88.1 Å². The number of nitrogens with one attached hydrogen (secondary N) is 8. The highest BCUT2D eigenvalue weighted by Crippen LogP contribution is 2.37. The molecule has 7 aliphatic heterocycles. The largest absolute Gasteiger partial charge is 0.393 e. The molecule has 146 heavy (non-hydrogen) atoms. The zero-order valence-corrected chi connectivity index (χ0v) is 80.9. The van der Waals surface area contributed by atoms with Crippen LogP contribution in [0, 0.1) is 0 Å². The van der Waals surface area contributed by atoms with Crippen molar-refractivity contribution >= 4 is 113 Å². The minimum Gasteiger partial charge on any atom is -0.393 e. The number of anilines is 8. The number of aromatic amines is 4. The van der Waals surface area contributed by atoms with Crippen LogP contribution in [0.15, 0.2) is 226 Å². The third-order valence-electron chi connectivity index (χ3n) is 28.0. The molecule has 0 bridgehead atoms. The molecule has 23 rings (SSSR count). The number of rotatable bonds is 22. The number of hydrogen-bond donors (Lipinski definition) is 10. The fourth-order valence-electron chi connectivity index (χ4n) is 19.8. The van der Waals surface area contributed by atoms with Crippen molar-refractivity contribution in [2.24, 2.45) is 0 Å². The Morgan fingerprint density at radius 3 is 0.925 bits per heavy atom. The van der Waals surface area contributed by atoms with E-state index in [9.17, 15) is 47.0 Å². The van der Waals surface area contributed by atoms with Gasteiger partial charge in [-0.1, -0.05) is 30.3 Å². The molecular formula is C109H115F4N27O6. The van der Waals surface area contributed by atoms with Crippen LogP contribution in [-0.4, -0.2) is 245 Å². The zero-order valence-electron chi connectivity index (χ0n) is 80.9. The van der Waals surface area contributed by atoms with Crippen molar-refractivity contribution in [1.29, 1.82) is 0 Å². The summed E-state index contributed by atoms with van der Waals surface area (Å²) in [6.07, 6.45) is 34.2. The summed E-state index contributed by atoms with van der Waals surface area (Å²) in [4.78, 5) is 103. The summed E-state index contributed by atoms with van der Waals surface area (Å²) in [5.74, 6) is -2.77. The van der Waals surface area contributed by atoms with Gasteiger partial charge in [0.1, 0.15) is 23.3 Å². The summed E-state index contributed by atoms with van der Waals surface area (Å²) in [6.45, 7) is 12.1. The number of aliphatic hydroxyl groups excluding tert-OH is 2. The van der Waals surface area contributed by atoms with Gasteiger partial charge in [0.15, 0.2) is 22.8 Å². The van der Waals surface area contributed by atoms with Crippen LogP contribution in [0.4, 0.5) is 63.6 Å². The highest BCUT2D eigenvalue weighted by atomic mass is 19.3. The van der Waals surface area contributed by atoms with Crippen molar-refractivity contribution in [3.05, 3.63) is 265 Å². The second kappa shape index (κ2) is 44.8. The number of fused-ring (bicyclic) bond motifs is 4. The number of alkyl halides is 4. The number of hydrogen-bond acceptors (Lipinski definition) is 25. The van der Waals surface area contributed by atoms with Crippen molar-refractivity contribution in [3.63, 3.8) is 0 Å². The van der Waals surface area contributed by atoms with E-state index in [0.29, 0.717) is 83.3 Å². The number of nitrogens with zero attached hydrogens (tertiary/aromatic N) is 19. The second-order valence-corrected chi connectivity index (χ2v) is 38.6. The normalized spacial score (nSPS) is 16.9. The molecule has 4 aromatic carbocycles. The molecule has 37 heteroatoms. The minimum atomic E-state index is -2.63. The first-order valence-electron chi connectivity index (χ1n) is 50.2. The number of aromatic nitrogens is 16. The third-order valence-corrected chi connectivity index (χ3v) is 28.0. The number of pyridine rings is 8. The van der Waals surface area contributed by atoms with Gasteiger partial charge >= 0.3 is 0 Å². The molecule has 7 aliphatic rings. The highest BCUT2D eigenvalue weighted by Gasteiger charge is 2.39. The Labute approximate surface area is 839 Å². The van der Waals surface area contributed by atoms with Gasteiger partial charge < -0.3 is 51.1 Å². The number of carbonyl (C=O) groups excluding carboxylic acids is 4. The predicted molar refractivity (Wildman–Crippen MR) is 557 cm³/mol. The number of aliphatic hydroxyl groups is 2. The first-order valence-corrected chi connectivity index (χ1v) is 50.2. The summed E-state index contributed by atoms with van der Waals surface area (Å²) in [5.41, 5.74) is 17.1. The number of benzene rings is 4. The van der Waals surface area contributed by atoms with Gasteiger partial charge in [0, 0.05) is 217 Å². The smallest absolute Gasteiger partial charge is 0.276 e. The van der Waals surface area contributed by atoms with E-state index in [1.807, 2.05) is 163 Å². The molecule has 7 fully saturated rings. The van der Waals surface area contributed by atoms with Crippen LogP contribution in [0.2, 0.25) is 0 Å². The van der Waals surface area contributed by atoms with E-state index in [0.717, 1.165) is 215 Å². The molecule has 0 saturated carbocycles. The van der Waals surface area contributed by atoms with Crippen molar-refractivity contribution in [2.75, 3.05) is 132 Å². The van der Waals surface area contributed by atoms with Crippen LogP contribution in [-0.2, 0) is 19.6 Å². The lowest BCUT2D eigenvalue weighted by Crippen LogP contribution is -2.38. The topological polar surface area (TPSA) is 397 Å². The Morgan fingerprint density at radius 1 is 0.308 bits per heavy atom. The molecule has 12 aromatic heterocycles. The molecule has 33 nitrogen and oxygen atoms in total. The lowest BCUT2D eigenvalue weighted by Gasteiger charge is -2.31. The molecular weight excluding hydrogens is 1860 g/mol. The van der Waals surface area contributed by atoms with Crippen LogP contribution in [0.1, 0.15) is 161 Å². The quantitative estimate of drug-likeness (QED) is 0.0282. The van der Waals surface area contributed by atoms with Gasteiger partial charge in [0.2, 0.25) is 0 Å². The lowest BCUT2D eigenvalue weighted by atomic mass is 10.0. The molecule has 10 N–H and O–H groups in total. The van der Waals surface area contributed by atoms with Crippen molar-refractivity contribution in [2.45, 2.75) is 146 Å². The molecule has 0 unspecified atom stereocenters. The van der Waals surface area contributed by atoms with Crippen LogP contribution in [0.5, 0.6) is 0 Å². The van der Waals surface area contributed by atoms with E-state index in [4.69, 9.17) is 0 Å². The average molecular weight is 1980 g/mol. The van der Waals surface area contributed by atoms with E-state index in [2.05, 4.69) is 132 Å². The number of H-pyrrole nitrogens is 4. The minimum absolute atomic E-state index is 0.110. The molecule has 19 heterocycles.